The van der Waals surface area contributed by atoms with Crippen LogP contribution in [0.2, 0.25) is 0 Å². The second kappa shape index (κ2) is 8.00. The molecular formula is C20H32N2O2. The predicted octanol–water partition coefficient (Wildman–Crippen LogP) is 3.49. The molecule has 1 aliphatic carbocycles. The van der Waals surface area contributed by atoms with Gasteiger partial charge in [-0.15, -0.1) is 0 Å². The summed E-state index contributed by atoms with van der Waals surface area (Å²) in [6.45, 7) is 9.65. The standard InChI is InChI=1S/C20H32N2O2/c1-14(10-11-20(4)15(2)7-5-8-16(20)3)13-18(23)22-17-9-6-12-21-19(17)24/h7,13,16-17H,5-6,8-12H2,1-4H3,(H,21,24)(H,22,23)/b14-13+. The molecule has 1 saturated heterocycles. The fourth-order valence-electron chi connectivity index (χ4n) is 3.81. The molecule has 1 aliphatic heterocycles. The van der Waals surface area contributed by atoms with Crippen molar-refractivity contribution in [3.8, 4) is 0 Å². The first-order chi connectivity index (χ1) is 11.3. The quantitative estimate of drug-likeness (QED) is 0.598. The zero-order valence-corrected chi connectivity index (χ0v) is 15.6. The van der Waals surface area contributed by atoms with Gasteiger partial charge in [-0.2, -0.15) is 0 Å². The number of allylic oxidation sites excluding steroid dienone is 3. The van der Waals surface area contributed by atoms with E-state index in [2.05, 4.69) is 37.5 Å². The minimum absolute atomic E-state index is 0.0649. The van der Waals surface area contributed by atoms with Crippen LogP contribution in [0, 0.1) is 11.3 Å². The highest BCUT2D eigenvalue weighted by atomic mass is 16.2. The molecule has 0 saturated carbocycles. The van der Waals surface area contributed by atoms with Crippen LogP contribution in [0.5, 0.6) is 0 Å². The van der Waals surface area contributed by atoms with Crippen molar-refractivity contribution in [3.05, 3.63) is 23.3 Å². The normalized spacial score (nSPS) is 31.2. The highest BCUT2D eigenvalue weighted by Gasteiger charge is 2.34. The molecule has 1 heterocycles. The van der Waals surface area contributed by atoms with Crippen LogP contribution in [0.25, 0.3) is 0 Å². The number of hydrogen-bond acceptors (Lipinski definition) is 2. The molecule has 3 unspecified atom stereocenters. The molecule has 0 spiro atoms. The number of amides is 2. The fraction of sp³-hybridized carbons (Fsp3) is 0.700. The first-order valence-corrected chi connectivity index (χ1v) is 9.25. The second-order valence-corrected chi connectivity index (χ2v) is 7.77. The molecule has 0 aromatic carbocycles. The van der Waals surface area contributed by atoms with Crippen LogP contribution in [0.3, 0.4) is 0 Å². The van der Waals surface area contributed by atoms with Crippen LogP contribution in [-0.4, -0.2) is 24.4 Å². The van der Waals surface area contributed by atoms with Crippen molar-refractivity contribution in [1.82, 2.24) is 10.6 Å². The summed E-state index contributed by atoms with van der Waals surface area (Å²) >= 11 is 0. The molecule has 0 aromatic heterocycles. The number of hydrogen-bond donors (Lipinski definition) is 2. The smallest absolute Gasteiger partial charge is 0.244 e. The van der Waals surface area contributed by atoms with E-state index in [4.69, 9.17) is 0 Å². The van der Waals surface area contributed by atoms with Gasteiger partial charge in [0, 0.05) is 12.6 Å². The van der Waals surface area contributed by atoms with E-state index in [0.29, 0.717) is 12.5 Å². The molecule has 134 valence electrons. The van der Waals surface area contributed by atoms with Crippen molar-refractivity contribution in [1.29, 1.82) is 0 Å². The summed E-state index contributed by atoms with van der Waals surface area (Å²) in [7, 11) is 0. The number of carbonyl (C=O) groups excluding carboxylic acids is 2. The Morgan fingerprint density at radius 1 is 1.46 bits per heavy atom. The first kappa shape index (κ1) is 18.8. The zero-order valence-electron chi connectivity index (χ0n) is 15.6. The molecule has 2 amide bonds. The van der Waals surface area contributed by atoms with E-state index in [0.717, 1.165) is 31.3 Å². The maximum absolute atomic E-state index is 12.1. The Labute approximate surface area is 146 Å². The van der Waals surface area contributed by atoms with Gasteiger partial charge >= 0.3 is 0 Å². The number of nitrogens with one attached hydrogen (secondary N) is 2. The maximum Gasteiger partial charge on any atom is 0.244 e. The van der Waals surface area contributed by atoms with Gasteiger partial charge in [-0.3, -0.25) is 9.59 Å². The van der Waals surface area contributed by atoms with E-state index in [1.165, 1.54) is 18.4 Å². The lowest BCUT2D eigenvalue weighted by atomic mass is 9.65. The average Bonchev–Trinajstić information content (AvgIpc) is 2.53. The highest BCUT2D eigenvalue weighted by molar-refractivity contribution is 5.93. The van der Waals surface area contributed by atoms with E-state index in [1.807, 2.05) is 6.92 Å². The van der Waals surface area contributed by atoms with E-state index < -0.39 is 0 Å². The van der Waals surface area contributed by atoms with Crippen LogP contribution < -0.4 is 10.6 Å². The lowest BCUT2D eigenvalue weighted by Gasteiger charge is -2.40. The monoisotopic (exact) mass is 332 g/mol. The van der Waals surface area contributed by atoms with Gasteiger partial charge in [-0.05, 0) is 63.7 Å². The van der Waals surface area contributed by atoms with Crippen LogP contribution in [0.15, 0.2) is 23.3 Å². The third-order valence-electron chi connectivity index (χ3n) is 6.06. The van der Waals surface area contributed by atoms with Crippen LogP contribution in [-0.2, 0) is 9.59 Å². The molecule has 2 aliphatic rings. The predicted molar refractivity (Wildman–Crippen MR) is 97.4 cm³/mol. The molecular weight excluding hydrogens is 300 g/mol. The molecule has 4 nitrogen and oxygen atoms in total. The van der Waals surface area contributed by atoms with E-state index in [1.54, 1.807) is 6.08 Å². The van der Waals surface area contributed by atoms with Crippen molar-refractivity contribution in [3.63, 3.8) is 0 Å². The molecule has 2 rings (SSSR count). The zero-order chi connectivity index (χ0) is 17.7. The minimum Gasteiger partial charge on any atom is -0.354 e. The Hall–Kier alpha value is -1.58. The molecule has 4 heteroatoms. The van der Waals surface area contributed by atoms with Crippen molar-refractivity contribution in [2.75, 3.05) is 6.54 Å². The van der Waals surface area contributed by atoms with Crippen molar-refractivity contribution in [2.24, 2.45) is 11.3 Å². The van der Waals surface area contributed by atoms with Gasteiger partial charge in [-0.25, -0.2) is 0 Å². The Morgan fingerprint density at radius 2 is 2.21 bits per heavy atom. The van der Waals surface area contributed by atoms with E-state index in [-0.39, 0.29) is 23.3 Å². The summed E-state index contributed by atoms with van der Waals surface area (Å²) in [5.41, 5.74) is 2.79. The van der Waals surface area contributed by atoms with Crippen molar-refractivity contribution < 1.29 is 9.59 Å². The van der Waals surface area contributed by atoms with E-state index in [9.17, 15) is 9.59 Å². The summed E-state index contributed by atoms with van der Waals surface area (Å²) in [4.78, 5) is 23.9. The molecule has 1 fully saturated rings. The van der Waals surface area contributed by atoms with Gasteiger partial charge in [0.25, 0.3) is 0 Å². The number of carbonyl (C=O) groups is 2. The molecule has 0 aromatic rings. The summed E-state index contributed by atoms with van der Waals surface area (Å²) in [6, 6.07) is -0.378. The van der Waals surface area contributed by atoms with Gasteiger partial charge < -0.3 is 10.6 Å². The first-order valence-electron chi connectivity index (χ1n) is 9.25. The Morgan fingerprint density at radius 3 is 2.88 bits per heavy atom. The van der Waals surface area contributed by atoms with Gasteiger partial charge in [0.1, 0.15) is 6.04 Å². The molecule has 0 radical (unpaired) electrons. The SMILES string of the molecule is CC1=CCCC(C)C1(C)CC/C(C)=C/C(=O)NC1CCCNC1=O. The number of piperidine rings is 1. The molecule has 2 N–H and O–H groups in total. The molecule has 0 bridgehead atoms. The minimum atomic E-state index is -0.378. The van der Waals surface area contributed by atoms with Crippen molar-refractivity contribution in [2.45, 2.75) is 72.3 Å². The Kier molecular flexibility index (Phi) is 6.25. The third kappa shape index (κ3) is 4.49. The largest absolute Gasteiger partial charge is 0.354 e. The Bertz CT molecular complexity index is 550. The summed E-state index contributed by atoms with van der Waals surface area (Å²) in [5, 5.41) is 5.62. The molecule has 3 atom stereocenters. The topological polar surface area (TPSA) is 58.2 Å². The second-order valence-electron chi connectivity index (χ2n) is 7.77. The summed E-state index contributed by atoms with van der Waals surface area (Å²) < 4.78 is 0. The fourth-order valence-corrected chi connectivity index (χ4v) is 3.81. The van der Waals surface area contributed by atoms with E-state index >= 15 is 0 Å². The van der Waals surface area contributed by atoms with Crippen LogP contribution in [0.1, 0.15) is 66.2 Å². The average molecular weight is 332 g/mol. The van der Waals surface area contributed by atoms with Gasteiger partial charge in [0.05, 0.1) is 0 Å². The lowest BCUT2D eigenvalue weighted by Crippen LogP contribution is -2.49. The van der Waals surface area contributed by atoms with Crippen LogP contribution >= 0.6 is 0 Å². The third-order valence-corrected chi connectivity index (χ3v) is 6.06. The van der Waals surface area contributed by atoms with Crippen molar-refractivity contribution >= 4 is 11.8 Å². The van der Waals surface area contributed by atoms with Crippen LogP contribution in [0.4, 0.5) is 0 Å². The van der Waals surface area contributed by atoms with Gasteiger partial charge in [-0.1, -0.05) is 31.1 Å². The Balaban J connectivity index is 1.89. The van der Waals surface area contributed by atoms with Gasteiger partial charge in [0.15, 0.2) is 0 Å². The maximum atomic E-state index is 12.1. The molecule has 24 heavy (non-hydrogen) atoms. The summed E-state index contributed by atoms with van der Waals surface area (Å²) in [5.74, 6) is 0.462. The summed E-state index contributed by atoms with van der Waals surface area (Å²) in [6.07, 6.45) is 10.1. The highest BCUT2D eigenvalue weighted by Crippen LogP contribution is 2.45. The van der Waals surface area contributed by atoms with Gasteiger partial charge in [0.2, 0.25) is 11.8 Å². The lowest BCUT2D eigenvalue weighted by molar-refractivity contribution is -0.128. The number of rotatable bonds is 5.